The molecule has 112 valence electrons. The standard InChI is InChI=1S/C18H16ClNO2/c19-14-8-4-5-9-15(14)20-18-16(21)10-13(11-17(18)22)12-6-2-1-3-7-12/h1-9,13,20-21H,10-11H2. The zero-order valence-corrected chi connectivity index (χ0v) is 12.7. The minimum atomic E-state index is -0.0995. The predicted molar refractivity (Wildman–Crippen MR) is 88.2 cm³/mol. The summed E-state index contributed by atoms with van der Waals surface area (Å²) in [5.74, 6) is 0.00745. The topological polar surface area (TPSA) is 49.3 Å². The average Bonchev–Trinajstić information content (AvgIpc) is 2.53. The molecule has 0 spiro atoms. The lowest BCUT2D eigenvalue weighted by atomic mass is 9.84. The molecule has 1 unspecified atom stereocenters. The number of rotatable bonds is 3. The predicted octanol–water partition coefficient (Wildman–Crippen LogP) is 4.67. The van der Waals surface area contributed by atoms with Gasteiger partial charge in [0.2, 0.25) is 0 Å². The summed E-state index contributed by atoms with van der Waals surface area (Å²) in [6.07, 6.45) is 0.823. The second-order valence-electron chi connectivity index (χ2n) is 5.37. The maximum absolute atomic E-state index is 12.4. The highest BCUT2D eigenvalue weighted by atomic mass is 35.5. The zero-order valence-electron chi connectivity index (χ0n) is 11.9. The minimum absolute atomic E-state index is 0.0190. The smallest absolute Gasteiger partial charge is 0.183 e. The zero-order chi connectivity index (χ0) is 15.5. The second kappa shape index (κ2) is 6.24. The number of halogens is 1. The number of hydrogen-bond acceptors (Lipinski definition) is 3. The van der Waals surface area contributed by atoms with Crippen molar-refractivity contribution in [3.8, 4) is 0 Å². The minimum Gasteiger partial charge on any atom is -0.510 e. The van der Waals surface area contributed by atoms with Crippen LogP contribution >= 0.6 is 11.6 Å². The lowest BCUT2D eigenvalue weighted by Gasteiger charge is -2.24. The third-order valence-electron chi connectivity index (χ3n) is 3.84. The van der Waals surface area contributed by atoms with Gasteiger partial charge in [-0.1, -0.05) is 54.1 Å². The number of aliphatic hydroxyl groups excluding tert-OH is 1. The van der Waals surface area contributed by atoms with Crippen molar-refractivity contribution in [1.29, 1.82) is 0 Å². The first-order valence-corrected chi connectivity index (χ1v) is 7.54. The number of benzene rings is 2. The number of ketones is 1. The number of allylic oxidation sites excluding steroid dienone is 2. The Hall–Kier alpha value is -2.26. The summed E-state index contributed by atoms with van der Waals surface area (Å²) in [6, 6.07) is 16.9. The Morgan fingerprint density at radius 3 is 2.36 bits per heavy atom. The van der Waals surface area contributed by atoms with Crippen molar-refractivity contribution in [2.45, 2.75) is 18.8 Å². The highest BCUT2D eigenvalue weighted by molar-refractivity contribution is 6.33. The second-order valence-corrected chi connectivity index (χ2v) is 5.77. The monoisotopic (exact) mass is 313 g/mol. The molecule has 2 aromatic carbocycles. The van der Waals surface area contributed by atoms with Gasteiger partial charge >= 0.3 is 0 Å². The fourth-order valence-corrected chi connectivity index (χ4v) is 2.88. The van der Waals surface area contributed by atoms with Crippen LogP contribution in [-0.2, 0) is 4.79 Å². The van der Waals surface area contributed by atoms with Gasteiger partial charge in [0.1, 0.15) is 11.5 Å². The van der Waals surface area contributed by atoms with Gasteiger partial charge in [0.25, 0.3) is 0 Å². The highest BCUT2D eigenvalue weighted by Gasteiger charge is 2.28. The summed E-state index contributed by atoms with van der Waals surface area (Å²) >= 11 is 6.09. The summed E-state index contributed by atoms with van der Waals surface area (Å²) in [4.78, 5) is 12.4. The molecule has 1 aliphatic carbocycles. The van der Waals surface area contributed by atoms with E-state index in [1.165, 1.54) is 0 Å². The molecule has 0 saturated carbocycles. The largest absolute Gasteiger partial charge is 0.510 e. The number of Topliss-reactive ketones (excluding diaryl/α,β-unsaturated/α-hetero) is 1. The normalized spacial score (nSPS) is 18.4. The van der Waals surface area contributed by atoms with Crippen LogP contribution in [0.15, 0.2) is 66.1 Å². The summed E-state index contributed by atoms with van der Waals surface area (Å²) in [6.45, 7) is 0. The molecule has 0 fully saturated rings. The third kappa shape index (κ3) is 3.00. The molecule has 22 heavy (non-hydrogen) atoms. The van der Waals surface area contributed by atoms with E-state index >= 15 is 0 Å². The first kappa shape index (κ1) is 14.7. The molecular formula is C18H16ClNO2. The number of hydrogen-bond donors (Lipinski definition) is 2. The van der Waals surface area contributed by atoms with Gasteiger partial charge in [-0.05, 0) is 23.6 Å². The van der Waals surface area contributed by atoms with Gasteiger partial charge in [0.15, 0.2) is 5.78 Å². The maximum Gasteiger partial charge on any atom is 0.183 e. The molecule has 3 rings (SSSR count). The van der Waals surface area contributed by atoms with Crippen molar-refractivity contribution < 1.29 is 9.90 Å². The molecule has 2 aromatic rings. The maximum atomic E-state index is 12.4. The van der Waals surface area contributed by atoms with E-state index in [4.69, 9.17) is 11.6 Å². The molecule has 0 radical (unpaired) electrons. The van der Waals surface area contributed by atoms with Crippen LogP contribution in [0.4, 0.5) is 5.69 Å². The van der Waals surface area contributed by atoms with Gasteiger partial charge in [-0.15, -0.1) is 0 Å². The van der Waals surface area contributed by atoms with E-state index in [2.05, 4.69) is 5.32 Å². The number of nitrogens with one attached hydrogen (secondary N) is 1. The van der Waals surface area contributed by atoms with E-state index in [-0.39, 0.29) is 23.2 Å². The molecule has 0 bridgehead atoms. The molecule has 0 aliphatic heterocycles. The molecule has 0 saturated heterocycles. The first-order chi connectivity index (χ1) is 10.6. The number of anilines is 1. The summed E-state index contributed by atoms with van der Waals surface area (Å²) in [7, 11) is 0. The molecule has 1 aliphatic rings. The van der Waals surface area contributed by atoms with Crippen molar-refractivity contribution in [2.24, 2.45) is 0 Å². The van der Waals surface area contributed by atoms with Gasteiger partial charge in [-0.3, -0.25) is 4.79 Å². The fourth-order valence-electron chi connectivity index (χ4n) is 2.69. The van der Waals surface area contributed by atoms with E-state index in [0.717, 1.165) is 5.56 Å². The summed E-state index contributed by atoms with van der Waals surface area (Å²) in [5, 5.41) is 13.8. The van der Waals surface area contributed by atoms with Crippen LogP contribution in [0, 0.1) is 0 Å². The molecule has 0 heterocycles. The van der Waals surface area contributed by atoms with Crippen molar-refractivity contribution in [3.63, 3.8) is 0 Å². The quantitative estimate of drug-likeness (QED) is 0.866. The van der Waals surface area contributed by atoms with E-state index < -0.39 is 0 Å². The highest BCUT2D eigenvalue weighted by Crippen LogP contribution is 2.34. The van der Waals surface area contributed by atoms with Crippen LogP contribution in [0.2, 0.25) is 5.02 Å². The Morgan fingerprint density at radius 2 is 1.68 bits per heavy atom. The summed E-state index contributed by atoms with van der Waals surface area (Å²) in [5.41, 5.74) is 1.94. The lowest BCUT2D eigenvalue weighted by Crippen LogP contribution is -2.23. The third-order valence-corrected chi connectivity index (χ3v) is 4.17. The van der Waals surface area contributed by atoms with Crippen molar-refractivity contribution in [3.05, 3.63) is 76.6 Å². The van der Waals surface area contributed by atoms with Crippen LogP contribution in [0.1, 0.15) is 24.3 Å². The Labute approximate surface area is 134 Å². The van der Waals surface area contributed by atoms with E-state index in [0.29, 0.717) is 23.6 Å². The number of para-hydroxylation sites is 1. The molecule has 3 nitrogen and oxygen atoms in total. The van der Waals surface area contributed by atoms with Crippen molar-refractivity contribution in [2.75, 3.05) is 5.32 Å². The first-order valence-electron chi connectivity index (χ1n) is 7.17. The molecule has 0 aromatic heterocycles. The van der Waals surface area contributed by atoms with Crippen molar-refractivity contribution in [1.82, 2.24) is 0 Å². The SMILES string of the molecule is O=C1CC(c2ccccc2)CC(O)=C1Nc1ccccc1Cl. The molecule has 1 atom stereocenters. The lowest BCUT2D eigenvalue weighted by molar-refractivity contribution is -0.116. The fraction of sp³-hybridized carbons (Fsp3) is 0.167. The number of carbonyl (C=O) groups excluding carboxylic acids is 1. The van der Waals surface area contributed by atoms with E-state index in [1.54, 1.807) is 12.1 Å². The van der Waals surface area contributed by atoms with Gasteiger partial charge < -0.3 is 10.4 Å². The van der Waals surface area contributed by atoms with Gasteiger partial charge in [-0.25, -0.2) is 0 Å². The number of carbonyl (C=O) groups is 1. The van der Waals surface area contributed by atoms with E-state index in [9.17, 15) is 9.90 Å². The number of aliphatic hydroxyl groups is 1. The van der Waals surface area contributed by atoms with Crippen LogP contribution in [-0.4, -0.2) is 10.9 Å². The molecule has 2 N–H and O–H groups in total. The summed E-state index contributed by atoms with van der Waals surface area (Å²) < 4.78 is 0. The molecule has 4 heteroatoms. The van der Waals surface area contributed by atoms with Crippen LogP contribution in [0.3, 0.4) is 0 Å². The molecular weight excluding hydrogens is 298 g/mol. The Bertz CT molecular complexity index is 725. The Balaban J connectivity index is 1.84. The van der Waals surface area contributed by atoms with Crippen LogP contribution in [0.5, 0.6) is 0 Å². The average molecular weight is 314 g/mol. The Morgan fingerprint density at radius 1 is 1.00 bits per heavy atom. The van der Waals surface area contributed by atoms with E-state index in [1.807, 2.05) is 42.5 Å². The van der Waals surface area contributed by atoms with Gasteiger partial charge in [0.05, 0.1) is 10.7 Å². The van der Waals surface area contributed by atoms with Gasteiger partial charge in [0, 0.05) is 12.8 Å². The van der Waals surface area contributed by atoms with Gasteiger partial charge in [-0.2, -0.15) is 0 Å². The Kier molecular flexibility index (Phi) is 4.16. The molecule has 0 amide bonds. The van der Waals surface area contributed by atoms with Crippen LogP contribution in [0.25, 0.3) is 0 Å². The van der Waals surface area contributed by atoms with Crippen LogP contribution < -0.4 is 5.32 Å². The van der Waals surface area contributed by atoms with Crippen molar-refractivity contribution >= 4 is 23.1 Å².